The molecule has 0 heterocycles. The molecule has 0 saturated heterocycles. The van der Waals surface area contributed by atoms with Gasteiger partial charge >= 0.3 is 0 Å². The van der Waals surface area contributed by atoms with Gasteiger partial charge in [0.15, 0.2) is 0 Å². The van der Waals surface area contributed by atoms with Gasteiger partial charge in [0, 0.05) is 34.1 Å². The van der Waals surface area contributed by atoms with Crippen LogP contribution in [0.25, 0.3) is 87.6 Å². The van der Waals surface area contributed by atoms with Gasteiger partial charge in [0.2, 0.25) is 0 Å². The highest BCUT2D eigenvalue weighted by Gasteiger charge is 2.40. The molecule has 396 valence electrons. The lowest BCUT2D eigenvalue weighted by atomic mass is 9.67. The summed E-state index contributed by atoms with van der Waals surface area (Å²) in [5, 5.41) is 9.40. The molecule has 2 unspecified atom stereocenters. The van der Waals surface area contributed by atoms with Crippen molar-refractivity contribution in [1.29, 1.82) is 0 Å². The minimum absolute atomic E-state index is 0.133. The zero-order valence-electron chi connectivity index (χ0n) is 45.7. The maximum atomic E-state index is 15.2. The minimum Gasteiger partial charge on any atom is -0.330 e. The normalized spacial score (nSPS) is 15.9. The lowest BCUT2D eigenvalue weighted by molar-refractivity contribution is 0.627. The van der Waals surface area contributed by atoms with Gasteiger partial charge in [-0.3, -0.25) is 0 Å². The Morgan fingerprint density at radius 1 is 0.333 bits per heavy atom. The summed E-state index contributed by atoms with van der Waals surface area (Å²) < 4.78 is 30.4. The smallest absolute Gasteiger partial charge is 0.123 e. The molecule has 2 nitrogen and oxygen atoms in total. The molecule has 0 saturated carbocycles. The third kappa shape index (κ3) is 8.53. The fourth-order valence-electron chi connectivity index (χ4n) is 13.3. The van der Waals surface area contributed by atoms with Crippen LogP contribution in [0.15, 0.2) is 337 Å². The van der Waals surface area contributed by atoms with Crippen molar-refractivity contribution in [3.63, 3.8) is 0 Å². The van der Waals surface area contributed by atoms with Crippen LogP contribution in [0.2, 0.25) is 0 Å². The first-order valence-corrected chi connectivity index (χ1v) is 28.7. The number of hydrogen-bond acceptors (Lipinski definition) is 2. The third-order valence-corrected chi connectivity index (χ3v) is 17.4. The largest absolute Gasteiger partial charge is 0.330 e. The van der Waals surface area contributed by atoms with E-state index in [2.05, 4.69) is 265 Å². The van der Waals surface area contributed by atoms with Crippen molar-refractivity contribution < 1.29 is 8.78 Å². The molecule has 0 N–H and O–H groups in total. The summed E-state index contributed by atoms with van der Waals surface area (Å²) in [6.45, 7) is 0. The van der Waals surface area contributed by atoms with Crippen LogP contribution in [-0.4, -0.2) is 6.04 Å². The quantitative estimate of drug-likeness (QED) is 0.135. The molecule has 0 radical (unpaired) electrons. The van der Waals surface area contributed by atoms with Gasteiger partial charge < -0.3 is 9.80 Å². The molecular formula is C80H52F2N2. The summed E-state index contributed by atoms with van der Waals surface area (Å²) in [5.74, 6) is -0.721. The van der Waals surface area contributed by atoms with Crippen molar-refractivity contribution >= 4 is 65.8 Å². The van der Waals surface area contributed by atoms with Crippen molar-refractivity contribution in [1.82, 2.24) is 0 Å². The maximum absolute atomic E-state index is 15.2. The van der Waals surface area contributed by atoms with E-state index < -0.39 is 0 Å². The van der Waals surface area contributed by atoms with Crippen LogP contribution in [0.4, 0.5) is 31.5 Å². The van der Waals surface area contributed by atoms with Crippen LogP contribution in [0.3, 0.4) is 0 Å². The van der Waals surface area contributed by atoms with Gasteiger partial charge in [-0.2, -0.15) is 0 Å². The second-order valence-corrected chi connectivity index (χ2v) is 22.3. The van der Waals surface area contributed by atoms with E-state index in [1.54, 1.807) is 24.3 Å². The monoisotopic (exact) mass is 1080 g/mol. The summed E-state index contributed by atoms with van der Waals surface area (Å²) in [6, 6.07) is 88.0. The van der Waals surface area contributed by atoms with E-state index >= 15 is 8.78 Å². The predicted molar refractivity (Wildman–Crippen MR) is 347 cm³/mol. The molecule has 4 aliphatic carbocycles. The molecule has 4 heteroatoms. The van der Waals surface area contributed by atoms with Crippen molar-refractivity contribution in [3.8, 4) is 44.5 Å². The molecule has 0 amide bonds. The molecule has 16 rings (SSSR count). The van der Waals surface area contributed by atoms with Crippen molar-refractivity contribution in [2.24, 2.45) is 5.92 Å². The van der Waals surface area contributed by atoms with E-state index in [1.165, 1.54) is 43.5 Å². The highest BCUT2D eigenvalue weighted by Crippen LogP contribution is 2.53. The van der Waals surface area contributed by atoms with Crippen molar-refractivity contribution in [2.45, 2.75) is 6.04 Å². The lowest BCUT2D eigenvalue weighted by Gasteiger charge is -2.44. The molecular weight excluding hydrogens is 1030 g/mol. The Morgan fingerprint density at radius 3 is 1.31 bits per heavy atom. The van der Waals surface area contributed by atoms with E-state index in [1.807, 2.05) is 24.3 Å². The molecule has 0 aromatic heterocycles. The molecule has 0 bridgehead atoms. The number of anilines is 4. The predicted octanol–water partition coefficient (Wildman–Crippen LogP) is 21.3. The summed E-state index contributed by atoms with van der Waals surface area (Å²) in [6.07, 6.45) is 18.2. The fraction of sp³-hybridized carbons (Fsp3) is 0.0250. The Hall–Kier alpha value is -10.7. The number of rotatable bonds is 10. The van der Waals surface area contributed by atoms with Gasteiger partial charge in [-0.1, -0.05) is 200 Å². The Bertz CT molecular complexity index is 4930. The molecule has 0 spiro atoms. The zero-order valence-corrected chi connectivity index (χ0v) is 45.7. The standard InChI is InChI=1S/C80H52F2N2/c81-67-31-35-69(36-32-67)83(77-43-29-63(61-21-17-51-9-1-5-13-57(51)45-61)49-73(77)65-23-19-53-11-3-7-15-59(53)47-65)75-41-27-55-26-40-72-76(42-28-56-25-39-71(75)79(55)80(56)72)84(70-37-33-68(82)34-38-70)78-44-30-64(62-22-18-52-10-2-6-14-58(52)46-62)50-74(78)66-24-20-54-12-4-8-16-60(54)48-66/h1-50,75,80H. The minimum atomic E-state index is -0.297. The number of benzene rings is 12. The SMILES string of the molecule is Fc1ccc(N(C2=C3C=CC4=C5C(=CC=C(C=C2)C35)C(N(c2ccc(F)cc2)c2ccc(-c3ccc5ccccc5c3)cc2-c2ccc3ccccc3c2)C=C4)c2ccc(-c3ccc4ccccc4c3)cc2-c2ccc3ccccc3c2)cc1. The van der Waals surface area contributed by atoms with Gasteiger partial charge in [0.1, 0.15) is 11.6 Å². The van der Waals surface area contributed by atoms with Gasteiger partial charge in [-0.15, -0.1) is 0 Å². The average Bonchev–Trinajstić information content (AvgIpc) is 1.36. The van der Waals surface area contributed by atoms with Crippen LogP contribution in [-0.2, 0) is 0 Å². The van der Waals surface area contributed by atoms with E-state index in [0.29, 0.717) is 0 Å². The Morgan fingerprint density at radius 2 is 0.774 bits per heavy atom. The summed E-state index contributed by atoms with van der Waals surface area (Å²) in [4.78, 5) is 4.73. The van der Waals surface area contributed by atoms with Crippen molar-refractivity contribution in [3.05, 3.63) is 349 Å². The molecule has 12 aromatic rings. The third-order valence-electron chi connectivity index (χ3n) is 17.4. The number of halogens is 2. The number of allylic oxidation sites excluding steroid dienone is 10. The molecule has 0 aliphatic heterocycles. The highest BCUT2D eigenvalue weighted by atomic mass is 19.1. The van der Waals surface area contributed by atoms with Crippen LogP contribution in [0.5, 0.6) is 0 Å². The molecule has 12 aromatic carbocycles. The molecule has 0 fully saturated rings. The topological polar surface area (TPSA) is 6.48 Å². The van der Waals surface area contributed by atoms with Gasteiger partial charge in [0.05, 0.1) is 17.4 Å². The Kier molecular flexibility index (Phi) is 11.8. The van der Waals surface area contributed by atoms with E-state index in [0.717, 1.165) is 100 Å². The molecule has 4 aliphatic rings. The summed E-state index contributed by atoms with van der Waals surface area (Å²) in [7, 11) is 0. The summed E-state index contributed by atoms with van der Waals surface area (Å²) in [5.41, 5.74) is 19.3. The first-order valence-electron chi connectivity index (χ1n) is 28.7. The van der Waals surface area contributed by atoms with Gasteiger partial charge in [0.25, 0.3) is 0 Å². The van der Waals surface area contributed by atoms with Crippen LogP contribution in [0.1, 0.15) is 0 Å². The average molecular weight is 1080 g/mol. The molecule has 2 atom stereocenters. The second kappa shape index (κ2) is 20.1. The fourth-order valence-corrected chi connectivity index (χ4v) is 13.3. The second-order valence-electron chi connectivity index (χ2n) is 22.3. The van der Waals surface area contributed by atoms with Gasteiger partial charge in [-0.05, 0) is 207 Å². The lowest BCUT2D eigenvalue weighted by Crippen LogP contribution is -2.37. The van der Waals surface area contributed by atoms with E-state index in [-0.39, 0.29) is 23.6 Å². The Labute approximate surface area is 486 Å². The summed E-state index contributed by atoms with van der Waals surface area (Å²) >= 11 is 0. The zero-order chi connectivity index (χ0) is 55.8. The van der Waals surface area contributed by atoms with Crippen LogP contribution in [0, 0.1) is 17.6 Å². The van der Waals surface area contributed by atoms with E-state index in [4.69, 9.17) is 0 Å². The maximum Gasteiger partial charge on any atom is 0.123 e. The van der Waals surface area contributed by atoms with Crippen LogP contribution < -0.4 is 9.80 Å². The Balaban J connectivity index is 0.856. The number of fused-ring (bicyclic) bond motifs is 4. The van der Waals surface area contributed by atoms with Gasteiger partial charge in [-0.25, -0.2) is 8.78 Å². The number of nitrogens with zero attached hydrogens (tertiary/aromatic N) is 2. The molecule has 84 heavy (non-hydrogen) atoms. The number of hydrogen-bond donors (Lipinski definition) is 0. The van der Waals surface area contributed by atoms with Crippen LogP contribution >= 0.6 is 0 Å². The van der Waals surface area contributed by atoms with Crippen molar-refractivity contribution in [2.75, 3.05) is 9.80 Å². The first-order chi connectivity index (χ1) is 41.4. The highest BCUT2D eigenvalue weighted by molar-refractivity contribution is 5.98. The van der Waals surface area contributed by atoms with E-state index in [9.17, 15) is 0 Å². The first kappa shape index (κ1) is 49.2.